The predicted molar refractivity (Wildman–Crippen MR) is 192 cm³/mol. The Labute approximate surface area is 288 Å². The Morgan fingerprint density at radius 2 is 1.47 bits per heavy atom. The summed E-state index contributed by atoms with van der Waals surface area (Å²) in [5.74, 6) is 7.61. The van der Waals surface area contributed by atoms with Crippen LogP contribution in [-0.4, -0.2) is 34.1 Å². The molecule has 45 heavy (non-hydrogen) atoms. The SMILES string of the molecule is CCC(C)(CC)C(=O)/C=C(\O)C(C)(CC)CC.Cc1[c-]c(-c2nccc3c2cnc2[c]([Ge]([CH3])([CH3])[CH3])c(C)ccc23)cc(C)c1.[Ir]. The van der Waals surface area contributed by atoms with E-state index in [0.29, 0.717) is 0 Å². The fourth-order valence-corrected chi connectivity index (χ4v) is 10.4. The third-order valence-corrected chi connectivity index (χ3v) is 14.2. The van der Waals surface area contributed by atoms with Gasteiger partial charge in [-0.15, -0.1) is 0 Å². The van der Waals surface area contributed by atoms with Gasteiger partial charge in [0.25, 0.3) is 0 Å². The summed E-state index contributed by atoms with van der Waals surface area (Å²) in [6, 6.07) is 14.4. The minimum atomic E-state index is -2.05. The van der Waals surface area contributed by atoms with Crippen LogP contribution in [0.4, 0.5) is 0 Å². The number of carbonyl (C=O) groups is 1. The molecule has 4 rings (SSSR count). The number of carbonyl (C=O) groups excluding carboxylic acids is 1. The molecule has 0 fully saturated rings. The number of pyridine rings is 2. The number of nitrogens with zero attached hydrogens (tertiary/aromatic N) is 2. The predicted octanol–water partition coefficient (Wildman–Crippen LogP) is 10.4. The van der Waals surface area contributed by atoms with E-state index in [1.165, 1.54) is 37.9 Å². The topological polar surface area (TPSA) is 63.1 Å². The van der Waals surface area contributed by atoms with Gasteiger partial charge in [-0.05, 0) is 25.7 Å². The molecule has 0 amide bonds. The number of hydrogen-bond acceptors (Lipinski definition) is 4. The summed E-state index contributed by atoms with van der Waals surface area (Å²) in [5.41, 5.74) is 6.32. The van der Waals surface area contributed by atoms with E-state index in [0.717, 1.165) is 47.9 Å². The molecule has 245 valence electrons. The van der Waals surface area contributed by atoms with Crippen LogP contribution < -0.4 is 4.40 Å². The Balaban J connectivity index is 0.000000343. The van der Waals surface area contributed by atoms with Crippen molar-refractivity contribution in [2.24, 2.45) is 10.8 Å². The number of ketones is 1. The van der Waals surface area contributed by atoms with Gasteiger partial charge in [-0.1, -0.05) is 41.5 Å². The number of benzene rings is 2. The monoisotopic (exact) mass is 848 g/mol. The van der Waals surface area contributed by atoms with Crippen LogP contribution in [0.2, 0.25) is 17.3 Å². The van der Waals surface area contributed by atoms with Gasteiger partial charge >= 0.3 is 164 Å². The number of aliphatic hydroxyl groups is 1. The molecule has 0 unspecified atom stereocenters. The quantitative estimate of drug-likeness (QED) is 0.0599. The average Bonchev–Trinajstić information content (AvgIpc) is 2.98. The molecule has 1 radical (unpaired) electrons. The molecule has 2 aromatic carbocycles. The molecular formula is C39H53GeIrN2O2-. The van der Waals surface area contributed by atoms with E-state index in [2.05, 4.69) is 74.4 Å². The van der Waals surface area contributed by atoms with Gasteiger partial charge in [-0.2, -0.15) is 0 Å². The Hall–Kier alpha value is -2.34. The maximum Gasteiger partial charge on any atom is 0 e. The fourth-order valence-electron chi connectivity index (χ4n) is 5.88. The Morgan fingerprint density at radius 3 is 2.00 bits per heavy atom. The summed E-state index contributed by atoms with van der Waals surface area (Å²) in [6.07, 6.45) is 8.69. The molecule has 4 nitrogen and oxygen atoms in total. The molecule has 0 atom stereocenters. The first-order chi connectivity index (χ1) is 20.5. The maximum absolute atomic E-state index is 12.2. The van der Waals surface area contributed by atoms with E-state index >= 15 is 0 Å². The van der Waals surface area contributed by atoms with Gasteiger partial charge in [0, 0.05) is 37.0 Å². The Kier molecular flexibility index (Phi) is 13.4. The van der Waals surface area contributed by atoms with Crippen LogP contribution in [0.3, 0.4) is 0 Å². The Bertz CT molecular complexity index is 1660. The Morgan fingerprint density at radius 1 is 0.867 bits per heavy atom. The van der Waals surface area contributed by atoms with Crippen molar-refractivity contribution in [1.82, 2.24) is 9.97 Å². The second-order valence-corrected chi connectivity index (χ2v) is 24.5. The van der Waals surface area contributed by atoms with Crippen molar-refractivity contribution in [3.8, 4) is 11.3 Å². The van der Waals surface area contributed by atoms with Gasteiger partial charge in [0.05, 0.1) is 0 Å². The number of allylic oxidation sites excluding steroid dienone is 2. The minimum absolute atomic E-state index is 0. The first kappa shape index (κ1) is 38.8. The van der Waals surface area contributed by atoms with Crippen molar-refractivity contribution in [1.29, 1.82) is 0 Å². The molecule has 2 aromatic heterocycles. The van der Waals surface area contributed by atoms with Crippen LogP contribution in [0.15, 0.2) is 54.6 Å². The van der Waals surface area contributed by atoms with Crippen molar-refractivity contribution in [3.63, 3.8) is 0 Å². The van der Waals surface area contributed by atoms with Crippen LogP contribution >= 0.6 is 0 Å². The van der Waals surface area contributed by atoms with Crippen molar-refractivity contribution >= 4 is 45.1 Å². The summed E-state index contributed by atoms with van der Waals surface area (Å²) in [4.78, 5) is 21.8. The zero-order valence-electron chi connectivity index (χ0n) is 29.5. The van der Waals surface area contributed by atoms with E-state index in [1.807, 2.05) is 53.9 Å². The number of rotatable bonds is 9. The minimum Gasteiger partial charge on any atom is 0 e. The van der Waals surface area contributed by atoms with E-state index in [9.17, 15) is 9.90 Å². The molecule has 0 bridgehead atoms. The second-order valence-electron chi connectivity index (χ2n) is 14.0. The fraction of sp³-hybridized carbons (Fsp3) is 0.462. The number of hydrogen-bond donors (Lipinski definition) is 1. The van der Waals surface area contributed by atoms with Crippen molar-refractivity contribution in [2.45, 2.75) is 105 Å². The molecule has 0 saturated carbocycles. The number of aryl methyl sites for hydroxylation is 3. The van der Waals surface area contributed by atoms with Crippen LogP contribution in [-0.2, 0) is 24.9 Å². The zero-order valence-corrected chi connectivity index (χ0v) is 34.0. The van der Waals surface area contributed by atoms with Gasteiger partial charge in [0.15, 0.2) is 5.78 Å². The summed E-state index contributed by atoms with van der Waals surface area (Å²) < 4.78 is 1.51. The normalized spacial score (nSPS) is 12.5. The maximum atomic E-state index is 12.2. The van der Waals surface area contributed by atoms with Crippen LogP contribution in [0.1, 0.15) is 83.9 Å². The van der Waals surface area contributed by atoms with E-state index in [-0.39, 0.29) is 42.5 Å². The van der Waals surface area contributed by atoms with Gasteiger partial charge in [-0.25, -0.2) is 0 Å². The third-order valence-electron chi connectivity index (χ3n) is 9.74. The first-order valence-corrected chi connectivity index (χ1v) is 23.5. The van der Waals surface area contributed by atoms with Gasteiger partial charge in [0.1, 0.15) is 5.76 Å². The summed E-state index contributed by atoms with van der Waals surface area (Å²) in [5, 5.41) is 13.7. The second kappa shape index (κ2) is 15.5. The van der Waals surface area contributed by atoms with Crippen LogP contribution in [0, 0.1) is 37.7 Å². The number of aliphatic hydroxyl groups excluding tert-OH is 1. The van der Waals surface area contributed by atoms with E-state index in [4.69, 9.17) is 9.97 Å². The van der Waals surface area contributed by atoms with Gasteiger partial charge in [-0.3, -0.25) is 4.79 Å². The summed E-state index contributed by atoms with van der Waals surface area (Å²) in [6.45, 7) is 18.5. The number of aromatic nitrogens is 2. The third kappa shape index (κ3) is 8.53. The van der Waals surface area contributed by atoms with Gasteiger partial charge < -0.3 is 5.11 Å². The van der Waals surface area contributed by atoms with Gasteiger partial charge in [0.2, 0.25) is 0 Å². The van der Waals surface area contributed by atoms with Crippen LogP contribution in [0.5, 0.6) is 0 Å². The molecule has 0 spiro atoms. The molecule has 2 heterocycles. The van der Waals surface area contributed by atoms with E-state index < -0.39 is 13.3 Å². The smallest absolute Gasteiger partial charge is 0 e. The first-order valence-electron chi connectivity index (χ1n) is 16.2. The van der Waals surface area contributed by atoms with Crippen LogP contribution in [0.25, 0.3) is 32.9 Å². The van der Waals surface area contributed by atoms with Crippen molar-refractivity contribution < 1.29 is 30.0 Å². The largest absolute Gasteiger partial charge is 0 e. The van der Waals surface area contributed by atoms with Crippen molar-refractivity contribution in [3.05, 3.63) is 77.3 Å². The molecule has 6 heteroatoms. The molecule has 1 N–H and O–H groups in total. The molecule has 0 saturated heterocycles. The molecule has 4 aromatic rings. The average molecular weight is 847 g/mol. The molecule has 0 aliphatic carbocycles. The molecule has 0 aliphatic heterocycles. The van der Waals surface area contributed by atoms with E-state index in [1.54, 1.807) is 0 Å². The summed E-state index contributed by atoms with van der Waals surface area (Å²) in [7, 11) is 0. The molecule has 0 aliphatic rings. The van der Waals surface area contributed by atoms with Crippen molar-refractivity contribution in [2.75, 3.05) is 0 Å². The summed E-state index contributed by atoms with van der Waals surface area (Å²) >= 11 is -2.05. The standard InChI is InChI=1S/C24H25GeN2.C15H28O2.Ir/c1-15-11-16(2)13-18(12-15)23-21-14-27-24-20(19(21)9-10-26-23)8-7-17(3)22(24)25(4,5)6;1-7-14(5,8-2)12(16)11-13(17)15(6,9-3)10-4;/h7-12,14H,1-6H3;11,16H,7-10H2,1-6H3;/q-1;;/b;12-11-;. The zero-order chi connectivity index (χ0) is 33.0. The molecular weight excluding hydrogens is 793 g/mol. The number of fused-ring (bicyclic) bond motifs is 3.